The quantitative estimate of drug-likeness (QED) is 0.301. The molecule has 2 saturated heterocycles. The smallest absolute Gasteiger partial charge is 0.266 e. The molecule has 1 aromatic heterocycles. The van der Waals surface area contributed by atoms with Crippen molar-refractivity contribution in [2.24, 2.45) is 5.92 Å². The second-order valence-electron chi connectivity index (χ2n) is 8.71. The van der Waals surface area contributed by atoms with Crippen molar-refractivity contribution in [3.05, 3.63) is 107 Å². The molecule has 0 bridgehead atoms. The van der Waals surface area contributed by atoms with Crippen LogP contribution in [0.5, 0.6) is 0 Å². The number of hydrogen-bond donors (Lipinski definition) is 0. The Kier molecular flexibility index (Phi) is 5.31. The molecule has 2 fully saturated rings. The molecule has 4 aromatic rings. The van der Waals surface area contributed by atoms with Gasteiger partial charge in [0.05, 0.1) is 11.4 Å². The molecule has 6 rings (SSSR count). The lowest BCUT2D eigenvalue weighted by atomic mass is 9.94. The number of imide groups is 1. The van der Waals surface area contributed by atoms with Gasteiger partial charge in [-0.2, -0.15) is 0 Å². The van der Waals surface area contributed by atoms with E-state index in [9.17, 15) is 9.59 Å². The van der Waals surface area contributed by atoms with Crippen molar-refractivity contribution in [2.45, 2.75) is 19.1 Å². The van der Waals surface area contributed by atoms with E-state index in [1.165, 1.54) is 4.90 Å². The maximum Gasteiger partial charge on any atom is 0.266 e. The van der Waals surface area contributed by atoms with Gasteiger partial charge in [0.25, 0.3) is 5.91 Å². The number of nitrogens with zero attached hydrogens (tertiary/aromatic N) is 2. The first-order chi connectivity index (χ1) is 17.0. The predicted molar refractivity (Wildman–Crippen MR) is 136 cm³/mol. The van der Waals surface area contributed by atoms with Gasteiger partial charge in [-0.1, -0.05) is 64.0 Å². The van der Waals surface area contributed by atoms with Crippen molar-refractivity contribution in [2.75, 3.05) is 9.96 Å². The molecule has 2 aliphatic heterocycles. The molecule has 35 heavy (non-hydrogen) atoms. The van der Waals surface area contributed by atoms with Gasteiger partial charge in [0, 0.05) is 10.0 Å². The number of halogens is 1. The molecule has 0 spiro atoms. The number of carbonyl (C=O) groups is 2. The SMILES string of the molecule is Cc1ccc(N2C(=O)C3ON(c4ccccc4)C(c4ccc(-c5ccc(Br)cc5)o4)C3C2=O)cc1. The van der Waals surface area contributed by atoms with Crippen LogP contribution in [-0.2, 0) is 14.4 Å². The number of hydroxylamine groups is 1. The molecule has 0 radical (unpaired) electrons. The number of rotatable bonds is 4. The minimum absolute atomic E-state index is 0.297. The first kappa shape index (κ1) is 21.8. The fraction of sp³-hybridized carbons (Fsp3) is 0.143. The summed E-state index contributed by atoms with van der Waals surface area (Å²) in [7, 11) is 0. The number of benzene rings is 3. The normalized spacial score (nSPS) is 21.6. The van der Waals surface area contributed by atoms with Gasteiger partial charge in [0.1, 0.15) is 23.5 Å². The van der Waals surface area contributed by atoms with Crippen LogP contribution in [-0.4, -0.2) is 17.9 Å². The van der Waals surface area contributed by atoms with Gasteiger partial charge in [0.2, 0.25) is 5.91 Å². The summed E-state index contributed by atoms with van der Waals surface area (Å²) >= 11 is 3.45. The molecule has 7 heteroatoms. The minimum Gasteiger partial charge on any atom is -0.459 e. The van der Waals surface area contributed by atoms with Gasteiger partial charge in [-0.3, -0.25) is 14.4 Å². The summed E-state index contributed by atoms with van der Waals surface area (Å²) in [5.41, 5.74) is 3.25. The fourth-order valence-corrected chi connectivity index (χ4v) is 5.00. The molecule has 2 aliphatic rings. The van der Waals surface area contributed by atoms with Crippen LogP contribution in [0.1, 0.15) is 17.4 Å². The third-order valence-electron chi connectivity index (χ3n) is 6.47. The molecule has 3 atom stereocenters. The van der Waals surface area contributed by atoms with Crippen LogP contribution in [0.2, 0.25) is 0 Å². The largest absolute Gasteiger partial charge is 0.459 e. The van der Waals surface area contributed by atoms with Crippen molar-refractivity contribution in [3.8, 4) is 11.3 Å². The Labute approximate surface area is 210 Å². The summed E-state index contributed by atoms with van der Waals surface area (Å²) in [4.78, 5) is 34.5. The molecule has 2 amide bonds. The van der Waals surface area contributed by atoms with Gasteiger partial charge >= 0.3 is 0 Å². The molecular formula is C28H21BrN2O4. The average Bonchev–Trinajstić information content (AvgIpc) is 3.56. The molecule has 3 aromatic carbocycles. The van der Waals surface area contributed by atoms with E-state index in [0.29, 0.717) is 17.2 Å². The standard InChI is InChI=1S/C28H21BrN2O4/c1-17-7-13-20(14-8-17)30-27(32)24-25(23-16-15-22(34-23)18-9-11-19(29)12-10-18)31(35-26(24)28(30)33)21-5-3-2-4-6-21/h2-16,24-26H,1H3. The van der Waals surface area contributed by atoms with Crippen LogP contribution >= 0.6 is 15.9 Å². The van der Waals surface area contributed by atoms with Crippen LogP contribution in [0.15, 0.2) is 99.9 Å². The van der Waals surface area contributed by atoms with Crippen LogP contribution in [0, 0.1) is 12.8 Å². The van der Waals surface area contributed by atoms with Crippen molar-refractivity contribution in [1.29, 1.82) is 0 Å². The second kappa shape index (κ2) is 8.52. The lowest BCUT2D eigenvalue weighted by molar-refractivity contribution is -0.126. The summed E-state index contributed by atoms with van der Waals surface area (Å²) < 4.78 is 7.25. The number of anilines is 2. The number of hydrogen-bond acceptors (Lipinski definition) is 5. The van der Waals surface area contributed by atoms with Gasteiger partial charge in [0.15, 0.2) is 6.10 Å². The van der Waals surface area contributed by atoms with E-state index in [1.54, 1.807) is 17.2 Å². The topological polar surface area (TPSA) is 63.0 Å². The molecule has 6 nitrogen and oxygen atoms in total. The van der Waals surface area contributed by atoms with Crippen LogP contribution in [0.25, 0.3) is 11.3 Å². The minimum atomic E-state index is -0.935. The number of amides is 2. The molecule has 0 aliphatic carbocycles. The second-order valence-corrected chi connectivity index (χ2v) is 9.63. The fourth-order valence-electron chi connectivity index (χ4n) is 4.73. The van der Waals surface area contributed by atoms with Gasteiger partial charge in [-0.05, 0) is 55.5 Å². The highest BCUT2D eigenvalue weighted by Crippen LogP contribution is 2.48. The summed E-state index contributed by atoms with van der Waals surface area (Å²) in [6, 6.07) is 27.8. The van der Waals surface area contributed by atoms with E-state index in [4.69, 9.17) is 9.25 Å². The lowest BCUT2D eigenvalue weighted by Gasteiger charge is -2.27. The Morgan fingerprint density at radius 1 is 0.771 bits per heavy atom. The zero-order valence-corrected chi connectivity index (χ0v) is 20.4. The van der Waals surface area contributed by atoms with E-state index in [-0.39, 0.29) is 11.8 Å². The van der Waals surface area contributed by atoms with Crippen molar-refractivity contribution >= 4 is 39.1 Å². The van der Waals surface area contributed by atoms with Crippen molar-refractivity contribution in [1.82, 2.24) is 0 Å². The number of carbonyl (C=O) groups excluding carboxylic acids is 2. The van der Waals surface area contributed by atoms with E-state index in [0.717, 1.165) is 21.3 Å². The number of aryl methyl sites for hydroxylation is 1. The van der Waals surface area contributed by atoms with E-state index in [1.807, 2.05) is 85.8 Å². The van der Waals surface area contributed by atoms with Crippen molar-refractivity contribution < 1.29 is 18.8 Å². The molecule has 3 unspecified atom stereocenters. The predicted octanol–water partition coefficient (Wildman–Crippen LogP) is 6.07. The number of fused-ring (bicyclic) bond motifs is 1. The van der Waals surface area contributed by atoms with Gasteiger partial charge in [-0.25, -0.2) is 9.96 Å². The molecule has 0 N–H and O–H groups in total. The average molecular weight is 529 g/mol. The Balaban J connectivity index is 1.41. The zero-order chi connectivity index (χ0) is 24.1. The Morgan fingerprint density at radius 3 is 2.20 bits per heavy atom. The highest BCUT2D eigenvalue weighted by atomic mass is 79.9. The van der Waals surface area contributed by atoms with Crippen LogP contribution in [0.4, 0.5) is 11.4 Å². The van der Waals surface area contributed by atoms with Crippen LogP contribution < -0.4 is 9.96 Å². The highest BCUT2D eigenvalue weighted by Gasteiger charge is 2.61. The first-order valence-corrected chi connectivity index (χ1v) is 12.1. The number of furan rings is 1. The molecule has 174 valence electrons. The Morgan fingerprint density at radius 2 is 1.49 bits per heavy atom. The lowest BCUT2D eigenvalue weighted by Crippen LogP contribution is -2.37. The third-order valence-corrected chi connectivity index (χ3v) is 6.99. The molecular weight excluding hydrogens is 508 g/mol. The van der Waals surface area contributed by atoms with E-state index < -0.39 is 18.1 Å². The third kappa shape index (κ3) is 3.68. The number of para-hydroxylation sites is 1. The summed E-state index contributed by atoms with van der Waals surface area (Å²) in [5.74, 6) is -0.170. The zero-order valence-electron chi connectivity index (χ0n) is 18.8. The summed E-state index contributed by atoms with van der Waals surface area (Å²) in [6.07, 6.45) is -0.935. The summed E-state index contributed by atoms with van der Waals surface area (Å²) in [6.45, 7) is 1.96. The first-order valence-electron chi connectivity index (χ1n) is 11.3. The van der Waals surface area contributed by atoms with Crippen molar-refractivity contribution in [3.63, 3.8) is 0 Å². The maximum atomic E-state index is 13.7. The maximum absolute atomic E-state index is 13.7. The molecule has 0 saturated carbocycles. The Hall–Kier alpha value is -3.68. The Bertz CT molecular complexity index is 1400. The van der Waals surface area contributed by atoms with E-state index in [2.05, 4.69) is 15.9 Å². The summed E-state index contributed by atoms with van der Waals surface area (Å²) in [5, 5.41) is 1.64. The van der Waals surface area contributed by atoms with E-state index >= 15 is 0 Å². The van der Waals surface area contributed by atoms with Gasteiger partial charge in [-0.15, -0.1) is 0 Å². The molecule has 3 heterocycles. The highest BCUT2D eigenvalue weighted by molar-refractivity contribution is 9.10. The van der Waals surface area contributed by atoms with Crippen LogP contribution in [0.3, 0.4) is 0 Å². The monoisotopic (exact) mass is 528 g/mol. The van der Waals surface area contributed by atoms with Gasteiger partial charge < -0.3 is 4.42 Å².